The highest BCUT2D eigenvalue weighted by atomic mass is 79.9. The van der Waals surface area contributed by atoms with Crippen molar-refractivity contribution in [3.8, 4) is 0 Å². The van der Waals surface area contributed by atoms with Crippen LogP contribution in [0.2, 0.25) is 0 Å². The fourth-order valence-electron chi connectivity index (χ4n) is 4.12. The van der Waals surface area contributed by atoms with Crippen LogP contribution < -0.4 is 5.32 Å². The van der Waals surface area contributed by atoms with Gasteiger partial charge in [0.15, 0.2) is 0 Å². The van der Waals surface area contributed by atoms with E-state index in [9.17, 15) is 0 Å². The molecule has 1 aliphatic heterocycles. The molecule has 0 spiro atoms. The fraction of sp³-hybridized carbons (Fsp3) is 0.474. The van der Waals surface area contributed by atoms with Crippen LogP contribution in [0.25, 0.3) is 0 Å². The highest BCUT2D eigenvalue weighted by molar-refractivity contribution is 9.10. The van der Waals surface area contributed by atoms with E-state index in [2.05, 4.69) is 40.3 Å². The molecular weight excluding hydrogens is 350 g/mol. The third-order valence-corrected chi connectivity index (χ3v) is 5.65. The minimum atomic E-state index is 0.346. The highest BCUT2D eigenvalue weighted by Gasteiger charge is 2.33. The van der Waals surface area contributed by atoms with Crippen LogP contribution in [0.3, 0.4) is 0 Å². The number of halogens is 1. The number of nitrogens with zero attached hydrogens (tertiary/aromatic N) is 2. The number of fused-ring (bicyclic) bond motifs is 2. The Kier molecular flexibility index (Phi) is 4.20. The maximum atomic E-state index is 4.88. The van der Waals surface area contributed by atoms with E-state index < -0.39 is 0 Å². The monoisotopic (exact) mass is 371 g/mol. The highest BCUT2D eigenvalue weighted by Crippen LogP contribution is 2.41. The van der Waals surface area contributed by atoms with E-state index in [-0.39, 0.29) is 0 Å². The Bertz CT molecular complexity index is 669. The maximum Gasteiger partial charge on any atom is 0.0529 e. The molecule has 23 heavy (non-hydrogen) atoms. The summed E-state index contributed by atoms with van der Waals surface area (Å²) in [4.78, 5) is 9.73. The van der Waals surface area contributed by atoms with Gasteiger partial charge in [-0.1, -0.05) is 6.07 Å². The average molecular weight is 372 g/mol. The van der Waals surface area contributed by atoms with E-state index in [4.69, 9.17) is 9.97 Å². The Hall–Kier alpha value is -1.26. The van der Waals surface area contributed by atoms with Crippen molar-refractivity contribution in [2.45, 2.75) is 38.5 Å². The van der Waals surface area contributed by atoms with Crippen molar-refractivity contribution in [3.63, 3.8) is 0 Å². The summed E-state index contributed by atoms with van der Waals surface area (Å²) in [5, 5.41) is 3.49. The van der Waals surface area contributed by atoms with Crippen LogP contribution in [0.15, 0.2) is 29.0 Å². The minimum absolute atomic E-state index is 0.346. The zero-order chi connectivity index (χ0) is 15.8. The van der Waals surface area contributed by atoms with Crippen molar-refractivity contribution in [1.82, 2.24) is 15.3 Å². The lowest BCUT2D eigenvalue weighted by Gasteiger charge is -2.31. The first kappa shape index (κ1) is 15.3. The van der Waals surface area contributed by atoms with Gasteiger partial charge in [0, 0.05) is 22.8 Å². The predicted molar refractivity (Wildman–Crippen MR) is 95.8 cm³/mol. The van der Waals surface area contributed by atoms with Gasteiger partial charge in [-0.05, 0) is 90.3 Å². The Morgan fingerprint density at radius 3 is 2.39 bits per heavy atom. The number of nitrogens with one attached hydrogen (secondary N) is 1. The summed E-state index contributed by atoms with van der Waals surface area (Å²) in [7, 11) is 0. The van der Waals surface area contributed by atoms with Crippen molar-refractivity contribution >= 4 is 15.9 Å². The molecule has 1 saturated heterocycles. The van der Waals surface area contributed by atoms with Gasteiger partial charge in [0.25, 0.3) is 0 Å². The Morgan fingerprint density at radius 2 is 1.65 bits per heavy atom. The molecular formula is C19H22BrN3. The zero-order valence-electron chi connectivity index (χ0n) is 13.5. The molecule has 1 unspecified atom stereocenters. The van der Waals surface area contributed by atoms with Crippen LogP contribution in [-0.4, -0.2) is 23.1 Å². The zero-order valence-corrected chi connectivity index (χ0v) is 15.1. The molecule has 3 nitrogen and oxygen atoms in total. The minimum Gasteiger partial charge on any atom is -0.317 e. The van der Waals surface area contributed by atoms with E-state index >= 15 is 0 Å². The second-order valence-corrected chi connectivity index (χ2v) is 7.74. The quantitative estimate of drug-likeness (QED) is 0.828. The number of aryl methyl sites for hydroxylation is 3. The molecule has 1 atom stereocenters. The van der Waals surface area contributed by atoms with Gasteiger partial charge in [-0.25, -0.2) is 0 Å². The van der Waals surface area contributed by atoms with Crippen LogP contribution in [0.4, 0.5) is 0 Å². The number of rotatable bonds is 1. The largest absolute Gasteiger partial charge is 0.317 e. The number of aromatic nitrogens is 2. The molecule has 0 bridgehead atoms. The third-order valence-electron chi connectivity index (χ3n) is 5.21. The van der Waals surface area contributed by atoms with E-state index in [1.165, 1.54) is 40.9 Å². The van der Waals surface area contributed by atoms with Crippen molar-refractivity contribution in [1.29, 1.82) is 0 Å². The molecule has 0 radical (unpaired) electrons. The molecule has 1 fully saturated rings. The molecule has 2 aromatic rings. The molecule has 1 aliphatic carbocycles. The van der Waals surface area contributed by atoms with Crippen LogP contribution in [-0.2, 0) is 12.8 Å². The summed E-state index contributed by atoms with van der Waals surface area (Å²) in [6.45, 7) is 4.35. The van der Waals surface area contributed by atoms with Crippen molar-refractivity contribution < 1.29 is 0 Å². The standard InChI is InChI=1S/C19H22BrN3/c1-12-8-14-2-3-15-9-16(20)11-23-19(15)17(18(14)22-10-12)13-4-6-21-7-5-13/h8-11,13,17,21H,2-7H2,1H3. The normalized spacial score (nSPS) is 21.4. The second-order valence-electron chi connectivity index (χ2n) is 6.82. The van der Waals surface area contributed by atoms with Crippen molar-refractivity contribution in [3.05, 3.63) is 57.1 Å². The van der Waals surface area contributed by atoms with Crippen molar-refractivity contribution in [2.75, 3.05) is 13.1 Å². The number of piperidine rings is 1. The molecule has 2 aromatic heterocycles. The number of pyridine rings is 2. The van der Waals surface area contributed by atoms with Crippen LogP contribution in [0, 0.1) is 12.8 Å². The smallest absolute Gasteiger partial charge is 0.0529 e. The molecule has 2 aliphatic rings. The van der Waals surface area contributed by atoms with Crippen LogP contribution in [0.1, 0.15) is 46.8 Å². The maximum absolute atomic E-state index is 4.88. The van der Waals surface area contributed by atoms with Gasteiger partial charge in [-0.3, -0.25) is 9.97 Å². The predicted octanol–water partition coefficient (Wildman–Crippen LogP) is 3.78. The first-order valence-electron chi connectivity index (χ1n) is 8.53. The SMILES string of the molecule is Cc1cnc2c(c1)CCc1cc(Br)cnc1C2C1CCNCC1. The van der Waals surface area contributed by atoms with Gasteiger partial charge in [-0.15, -0.1) is 0 Å². The summed E-state index contributed by atoms with van der Waals surface area (Å²) in [5.41, 5.74) is 6.60. The first-order chi connectivity index (χ1) is 11.2. The van der Waals surface area contributed by atoms with Crippen LogP contribution in [0.5, 0.6) is 0 Å². The van der Waals surface area contributed by atoms with Gasteiger partial charge in [0.05, 0.1) is 11.4 Å². The molecule has 120 valence electrons. The summed E-state index contributed by atoms with van der Waals surface area (Å²) < 4.78 is 1.08. The Labute approximate surface area is 146 Å². The topological polar surface area (TPSA) is 37.8 Å². The Morgan fingerprint density at radius 1 is 1.00 bits per heavy atom. The van der Waals surface area contributed by atoms with E-state index in [1.807, 2.05) is 12.4 Å². The Balaban J connectivity index is 1.86. The number of hydrogen-bond donors (Lipinski definition) is 1. The lowest BCUT2D eigenvalue weighted by Crippen LogP contribution is -2.32. The molecule has 4 rings (SSSR count). The molecule has 0 aromatic carbocycles. The fourth-order valence-corrected chi connectivity index (χ4v) is 4.49. The van der Waals surface area contributed by atoms with Crippen LogP contribution >= 0.6 is 15.9 Å². The summed E-state index contributed by atoms with van der Waals surface area (Å²) in [6, 6.07) is 4.59. The summed E-state index contributed by atoms with van der Waals surface area (Å²) in [6.07, 6.45) is 8.51. The van der Waals surface area contributed by atoms with Gasteiger partial charge >= 0.3 is 0 Å². The summed E-state index contributed by atoms with van der Waals surface area (Å²) >= 11 is 3.59. The van der Waals surface area contributed by atoms with E-state index in [0.29, 0.717) is 11.8 Å². The van der Waals surface area contributed by atoms with Gasteiger partial charge in [0.1, 0.15) is 0 Å². The summed E-state index contributed by atoms with van der Waals surface area (Å²) in [5.74, 6) is 0.981. The molecule has 0 amide bonds. The molecule has 1 N–H and O–H groups in total. The van der Waals surface area contributed by atoms with E-state index in [0.717, 1.165) is 30.4 Å². The lowest BCUT2D eigenvalue weighted by atomic mass is 9.79. The molecule has 0 saturated carbocycles. The molecule has 4 heteroatoms. The average Bonchev–Trinajstić information content (AvgIpc) is 2.72. The number of hydrogen-bond acceptors (Lipinski definition) is 3. The second kappa shape index (κ2) is 6.33. The first-order valence-corrected chi connectivity index (χ1v) is 9.32. The van der Waals surface area contributed by atoms with Gasteiger partial charge in [0.2, 0.25) is 0 Å². The molecule has 3 heterocycles. The lowest BCUT2D eigenvalue weighted by molar-refractivity contribution is 0.335. The van der Waals surface area contributed by atoms with Gasteiger partial charge in [-0.2, -0.15) is 0 Å². The van der Waals surface area contributed by atoms with Gasteiger partial charge < -0.3 is 5.32 Å². The third kappa shape index (κ3) is 2.94. The van der Waals surface area contributed by atoms with E-state index in [1.54, 1.807) is 0 Å². The van der Waals surface area contributed by atoms with Crippen molar-refractivity contribution in [2.24, 2.45) is 5.92 Å².